The number of nitro benzene ring substituents is 1. The minimum atomic E-state index is -0.715. The van der Waals surface area contributed by atoms with Gasteiger partial charge >= 0.3 is 5.97 Å². The molecule has 0 bridgehead atoms. The highest BCUT2D eigenvalue weighted by molar-refractivity contribution is 6.14. The van der Waals surface area contributed by atoms with Crippen LogP contribution in [0.4, 0.5) is 10.1 Å². The van der Waals surface area contributed by atoms with Crippen LogP contribution in [0, 0.1) is 15.9 Å². The highest BCUT2D eigenvalue weighted by Gasteiger charge is 2.27. The van der Waals surface area contributed by atoms with Gasteiger partial charge in [0, 0.05) is 12.1 Å². The molecule has 0 amide bonds. The van der Waals surface area contributed by atoms with Gasteiger partial charge in [-0.3, -0.25) is 10.1 Å². The maximum absolute atomic E-state index is 12.9. The van der Waals surface area contributed by atoms with E-state index in [0.29, 0.717) is 5.56 Å². The van der Waals surface area contributed by atoms with Gasteiger partial charge < -0.3 is 9.47 Å². The second-order valence-electron chi connectivity index (χ2n) is 5.03. The average molecular weight is 342 g/mol. The van der Waals surface area contributed by atoms with Crippen molar-refractivity contribution in [2.75, 3.05) is 7.11 Å². The van der Waals surface area contributed by atoms with Crippen molar-refractivity contribution in [3.8, 4) is 5.75 Å². The molecule has 0 saturated carbocycles. The molecule has 8 heteroatoms. The number of nitro groups is 1. The zero-order valence-electron chi connectivity index (χ0n) is 12.9. The van der Waals surface area contributed by atoms with Crippen molar-refractivity contribution in [2.45, 2.75) is 0 Å². The van der Waals surface area contributed by atoms with Crippen molar-refractivity contribution in [2.24, 2.45) is 4.99 Å². The molecular formula is C17H11FN2O5. The van der Waals surface area contributed by atoms with Crippen molar-refractivity contribution in [3.05, 3.63) is 75.2 Å². The van der Waals surface area contributed by atoms with Gasteiger partial charge in [-0.1, -0.05) is 12.1 Å². The zero-order valence-corrected chi connectivity index (χ0v) is 12.9. The number of rotatable bonds is 4. The van der Waals surface area contributed by atoms with E-state index in [1.807, 2.05) is 0 Å². The largest absolute Gasteiger partial charge is 0.496 e. The van der Waals surface area contributed by atoms with Gasteiger partial charge in [-0.05, 0) is 29.8 Å². The summed E-state index contributed by atoms with van der Waals surface area (Å²) in [5.41, 5.74) is 0.553. The molecule has 0 radical (unpaired) electrons. The Balaban J connectivity index is 2.01. The van der Waals surface area contributed by atoms with Gasteiger partial charge in [0.25, 0.3) is 5.69 Å². The van der Waals surface area contributed by atoms with E-state index in [0.717, 1.165) is 0 Å². The van der Waals surface area contributed by atoms with Crippen molar-refractivity contribution >= 4 is 23.6 Å². The number of hydrogen-bond donors (Lipinski definition) is 0. The molecule has 1 aliphatic rings. The molecule has 7 nitrogen and oxygen atoms in total. The summed E-state index contributed by atoms with van der Waals surface area (Å²) in [7, 11) is 1.39. The lowest BCUT2D eigenvalue weighted by atomic mass is 10.1. The first-order valence-electron chi connectivity index (χ1n) is 7.09. The first kappa shape index (κ1) is 16.3. The normalized spacial score (nSPS) is 15.0. The van der Waals surface area contributed by atoms with Crippen molar-refractivity contribution in [1.82, 2.24) is 0 Å². The van der Waals surface area contributed by atoms with E-state index >= 15 is 0 Å². The van der Waals surface area contributed by atoms with E-state index in [4.69, 9.17) is 9.47 Å². The quantitative estimate of drug-likeness (QED) is 0.368. The summed E-state index contributed by atoms with van der Waals surface area (Å²) in [6, 6.07) is 9.35. The fraction of sp³-hybridized carbons (Fsp3) is 0.0588. The third-order valence-corrected chi connectivity index (χ3v) is 3.42. The van der Waals surface area contributed by atoms with Gasteiger partial charge in [0.15, 0.2) is 5.70 Å². The van der Waals surface area contributed by atoms with E-state index < -0.39 is 16.7 Å². The summed E-state index contributed by atoms with van der Waals surface area (Å²) in [5, 5.41) is 10.9. The molecule has 0 unspecified atom stereocenters. The van der Waals surface area contributed by atoms with Crippen molar-refractivity contribution in [3.63, 3.8) is 0 Å². The topological polar surface area (TPSA) is 91.0 Å². The number of non-ortho nitro benzene ring substituents is 1. The molecule has 0 fully saturated rings. The van der Waals surface area contributed by atoms with Crippen molar-refractivity contribution < 1.29 is 23.6 Å². The molecule has 0 aromatic heterocycles. The number of nitrogens with zero attached hydrogens (tertiary/aromatic N) is 2. The van der Waals surface area contributed by atoms with Crippen LogP contribution in [0.2, 0.25) is 0 Å². The molecule has 3 rings (SSSR count). The number of cyclic esters (lactones) is 1. The number of carbonyl (C=O) groups excluding carboxylic acids is 1. The van der Waals surface area contributed by atoms with Gasteiger partial charge in [-0.2, -0.15) is 0 Å². The van der Waals surface area contributed by atoms with E-state index in [9.17, 15) is 19.3 Å². The molecule has 1 heterocycles. The highest BCUT2D eigenvalue weighted by Crippen LogP contribution is 2.28. The van der Waals surface area contributed by atoms with Gasteiger partial charge in [0.2, 0.25) is 5.90 Å². The summed E-state index contributed by atoms with van der Waals surface area (Å²) < 4.78 is 23.2. The SMILES string of the molecule is COc1ccc([N+](=O)[O-])cc1C1=NC(=Cc2ccc(F)cc2)C(=O)O1. The average Bonchev–Trinajstić information content (AvgIpc) is 2.96. The summed E-state index contributed by atoms with van der Waals surface area (Å²) >= 11 is 0. The minimum Gasteiger partial charge on any atom is -0.496 e. The summed E-state index contributed by atoms with van der Waals surface area (Å²) in [5.74, 6) is -0.936. The molecule has 0 saturated heterocycles. The molecule has 25 heavy (non-hydrogen) atoms. The second-order valence-corrected chi connectivity index (χ2v) is 5.03. The summed E-state index contributed by atoms with van der Waals surface area (Å²) in [4.78, 5) is 26.4. The van der Waals surface area contributed by atoms with Gasteiger partial charge in [0.1, 0.15) is 11.6 Å². The Bertz CT molecular complexity index is 919. The lowest BCUT2D eigenvalue weighted by Gasteiger charge is -2.06. The van der Waals surface area contributed by atoms with Crippen LogP contribution in [0.25, 0.3) is 6.08 Å². The standard InChI is InChI=1S/C17H11FN2O5/c1-24-15-7-6-12(20(22)23)9-13(15)16-19-14(17(21)25-16)8-10-2-4-11(18)5-3-10/h2-9H,1H3. The van der Waals surface area contributed by atoms with Crippen molar-refractivity contribution in [1.29, 1.82) is 0 Å². The lowest BCUT2D eigenvalue weighted by Crippen LogP contribution is -2.07. The molecule has 2 aromatic rings. The van der Waals surface area contributed by atoms with Gasteiger partial charge in [0.05, 0.1) is 17.6 Å². The predicted molar refractivity (Wildman–Crippen MR) is 86.7 cm³/mol. The maximum atomic E-state index is 12.9. The Labute approximate surface area is 141 Å². The third kappa shape index (κ3) is 3.37. The number of aliphatic imine (C=N–C) groups is 1. The molecule has 0 aliphatic carbocycles. The van der Waals surface area contributed by atoms with Crippen LogP contribution in [0.5, 0.6) is 5.75 Å². The fourth-order valence-electron chi connectivity index (χ4n) is 2.22. The first-order chi connectivity index (χ1) is 12.0. The van der Waals surface area contributed by atoms with Crippen LogP contribution < -0.4 is 4.74 Å². The second kappa shape index (κ2) is 6.52. The fourth-order valence-corrected chi connectivity index (χ4v) is 2.22. The Hall–Kier alpha value is -3.55. The number of ether oxygens (including phenoxy) is 2. The summed E-state index contributed by atoms with van der Waals surface area (Å²) in [6.07, 6.45) is 1.43. The number of carbonyl (C=O) groups is 1. The number of halogens is 1. The number of methoxy groups -OCH3 is 1. The molecule has 2 aromatic carbocycles. The van der Waals surface area contributed by atoms with E-state index in [2.05, 4.69) is 4.99 Å². The highest BCUT2D eigenvalue weighted by atomic mass is 19.1. The van der Waals surface area contributed by atoms with E-state index in [1.165, 1.54) is 55.7 Å². The Kier molecular flexibility index (Phi) is 4.25. The number of hydrogen-bond acceptors (Lipinski definition) is 6. The monoisotopic (exact) mass is 342 g/mol. The maximum Gasteiger partial charge on any atom is 0.363 e. The molecule has 0 spiro atoms. The Morgan fingerprint density at radius 2 is 1.96 bits per heavy atom. The molecule has 0 atom stereocenters. The van der Waals surface area contributed by atoms with Gasteiger partial charge in [-0.15, -0.1) is 0 Å². The lowest BCUT2D eigenvalue weighted by molar-refractivity contribution is -0.384. The minimum absolute atomic E-state index is 0.00447. The predicted octanol–water partition coefficient (Wildman–Crippen LogP) is 3.09. The number of benzene rings is 2. The van der Waals surface area contributed by atoms with Crippen LogP contribution in [-0.2, 0) is 9.53 Å². The third-order valence-electron chi connectivity index (χ3n) is 3.42. The Morgan fingerprint density at radius 3 is 2.60 bits per heavy atom. The zero-order chi connectivity index (χ0) is 18.0. The number of esters is 1. The van der Waals surface area contributed by atoms with Gasteiger partial charge in [-0.25, -0.2) is 14.2 Å². The van der Waals surface area contributed by atoms with E-state index in [1.54, 1.807) is 0 Å². The molecule has 126 valence electrons. The van der Waals surface area contributed by atoms with Crippen LogP contribution in [0.1, 0.15) is 11.1 Å². The van der Waals surface area contributed by atoms with Crippen LogP contribution in [0.3, 0.4) is 0 Å². The molecular weight excluding hydrogens is 331 g/mol. The van der Waals surface area contributed by atoms with Crippen LogP contribution >= 0.6 is 0 Å². The van der Waals surface area contributed by atoms with E-state index in [-0.39, 0.29) is 28.6 Å². The molecule has 0 N–H and O–H groups in total. The summed E-state index contributed by atoms with van der Waals surface area (Å²) in [6.45, 7) is 0. The smallest absolute Gasteiger partial charge is 0.363 e. The first-order valence-corrected chi connectivity index (χ1v) is 7.09. The van der Waals surface area contributed by atoms with Crippen LogP contribution in [-0.4, -0.2) is 23.9 Å². The Morgan fingerprint density at radius 1 is 1.24 bits per heavy atom. The van der Waals surface area contributed by atoms with Crippen LogP contribution in [0.15, 0.2) is 53.2 Å². The molecule has 1 aliphatic heterocycles.